The Morgan fingerprint density at radius 3 is 2.71 bits per heavy atom. The topological polar surface area (TPSA) is 0 Å². The van der Waals surface area contributed by atoms with Crippen LogP contribution in [0.4, 0.5) is 0 Å². The molecule has 1 aliphatic carbocycles. The first-order valence-electron chi connectivity index (χ1n) is 4.81. The van der Waals surface area contributed by atoms with Gasteiger partial charge in [0.25, 0.3) is 0 Å². The molecule has 0 unspecified atom stereocenters. The molecule has 0 bridgehead atoms. The van der Waals surface area contributed by atoms with E-state index in [0.29, 0.717) is 0 Å². The summed E-state index contributed by atoms with van der Waals surface area (Å²) >= 11 is 4.38. The summed E-state index contributed by atoms with van der Waals surface area (Å²) in [4.78, 5) is 1.13. The molecule has 0 aromatic heterocycles. The third kappa shape index (κ3) is 3.08. The van der Waals surface area contributed by atoms with Gasteiger partial charge in [0.05, 0.1) is 0 Å². The lowest BCUT2D eigenvalue weighted by Gasteiger charge is -2.07. The lowest BCUT2D eigenvalue weighted by atomic mass is 10.0. The zero-order valence-corrected chi connectivity index (χ0v) is 9.43. The minimum Gasteiger partial charge on any atom is -0.148 e. The van der Waals surface area contributed by atoms with Crippen LogP contribution in [0.5, 0.6) is 0 Å². The van der Waals surface area contributed by atoms with E-state index in [1.54, 1.807) is 0 Å². The Balaban J connectivity index is 3.01. The maximum Gasteiger partial charge on any atom is -0.00337 e. The van der Waals surface area contributed by atoms with Crippen molar-refractivity contribution in [1.29, 1.82) is 0 Å². The lowest BCUT2D eigenvalue weighted by molar-refractivity contribution is 1.23. The summed E-state index contributed by atoms with van der Waals surface area (Å²) in [6, 6.07) is 0. The summed E-state index contributed by atoms with van der Waals surface area (Å²) in [6.45, 7) is 5.85. The molecule has 14 heavy (non-hydrogen) atoms. The Labute approximate surface area is 91.8 Å². The molecule has 0 radical (unpaired) electrons. The van der Waals surface area contributed by atoms with Gasteiger partial charge in [0.1, 0.15) is 0 Å². The molecular weight excluding hydrogens is 188 g/mol. The third-order valence-electron chi connectivity index (χ3n) is 2.12. The molecule has 0 saturated carbocycles. The van der Waals surface area contributed by atoms with E-state index >= 15 is 0 Å². The van der Waals surface area contributed by atoms with E-state index in [0.717, 1.165) is 17.7 Å². The largest absolute Gasteiger partial charge is 0.148 e. The first-order valence-corrected chi connectivity index (χ1v) is 5.26. The van der Waals surface area contributed by atoms with E-state index in [-0.39, 0.29) is 0 Å². The highest BCUT2D eigenvalue weighted by Gasteiger charge is 2.00. The van der Waals surface area contributed by atoms with E-state index < -0.39 is 0 Å². The number of allylic oxidation sites excluding steroid dienone is 9. The summed E-state index contributed by atoms with van der Waals surface area (Å²) in [7, 11) is 0. The molecule has 0 aromatic rings. The quantitative estimate of drug-likeness (QED) is 0.640. The molecular formula is C13H16S. The molecule has 0 nitrogen and oxygen atoms in total. The second-order valence-corrected chi connectivity index (χ2v) is 3.73. The van der Waals surface area contributed by atoms with Crippen LogP contribution in [0.15, 0.2) is 59.1 Å². The van der Waals surface area contributed by atoms with E-state index in [1.165, 1.54) is 11.1 Å². The number of hydrogen-bond acceptors (Lipinski definition) is 1. The van der Waals surface area contributed by atoms with Gasteiger partial charge < -0.3 is 0 Å². The fourth-order valence-corrected chi connectivity index (χ4v) is 1.60. The summed E-state index contributed by atoms with van der Waals surface area (Å²) in [5.41, 5.74) is 2.45. The summed E-state index contributed by atoms with van der Waals surface area (Å²) in [5.74, 6) is 0. The fraction of sp³-hybridized carbons (Fsp3) is 0.231. The molecule has 74 valence electrons. The third-order valence-corrected chi connectivity index (χ3v) is 2.49. The van der Waals surface area contributed by atoms with E-state index in [2.05, 4.69) is 43.5 Å². The Morgan fingerprint density at radius 2 is 2.07 bits per heavy atom. The van der Waals surface area contributed by atoms with E-state index in [4.69, 9.17) is 0 Å². The number of thiol groups is 1. The van der Waals surface area contributed by atoms with Gasteiger partial charge in [-0.3, -0.25) is 0 Å². The van der Waals surface area contributed by atoms with Gasteiger partial charge in [0.2, 0.25) is 0 Å². The van der Waals surface area contributed by atoms with Gasteiger partial charge >= 0.3 is 0 Å². The minimum atomic E-state index is 0.911. The number of rotatable bonds is 2. The standard InChI is InChI=1S/C13H16S/c1-3-6-12-9-10-13(14)8-5-7-11(12)4-2/h3-4,6-9,14H,2,5,10H2,1H3/b6-3-,11-7-,12-9-,13-8+. The van der Waals surface area contributed by atoms with Crippen molar-refractivity contribution in [3.63, 3.8) is 0 Å². The minimum absolute atomic E-state index is 0.911. The van der Waals surface area contributed by atoms with Crippen molar-refractivity contribution in [2.24, 2.45) is 0 Å². The number of hydrogen-bond donors (Lipinski definition) is 1. The molecule has 0 aromatic carbocycles. The van der Waals surface area contributed by atoms with Crippen molar-refractivity contribution in [3.8, 4) is 0 Å². The average molecular weight is 204 g/mol. The first kappa shape index (κ1) is 11.1. The molecule has 1 rings (SSSR count). The predicted octanol–water partition coefficient (Wildman–Crippen LogP) is 4.21. The van der Waals surface area contributed by atoms with Crippen LogP contribution in [0.3, 0.4) is 0 Å². The van der Waals surface area contributed by atoms with Crippen molar-refractivity contribution in [2.75, 3.05) is 0 Å². The molecule has 1 aliphatic rings. The van der Waals surface area contributed by atoms with Crippen LogP contribution in [-0.2, 0) is 0 Å². The normalized spacial score (nSPS) is 29.1. The summed E-state index contributed by atoms with van der Waals surface area (Å²) < 4.78 is 0. The highest BCUT2D eigenvalue weighted by molar-refractivity contribution is 7.84. The van der Waals surface area contributed by atoms with Crippen molar-refractivity contribution in [1.82, 2.24) is 0 Å². The van der Waals surface area contributed by atoms with Gasteiger partial charge in [-0.15, -0.1) is 12.6 Å². The molecule has 0 amide bonds. The SMILES string of the molecule is C=C/C1=C/C/C=C(/S)C/C=C1/C=C\C. The Bertz CT molecular complexity index is 327. The molecule has 0 saturated heterocycles. The van der Waals surface area contributed by atoms with Crippen LogP contribution in [0, 0.1) is 0 Å². The van der Waals surface area contributed by atoms with Gasteiger partial charge in [-0.2, -0.15) is 0 Å². The van der Waals surface area contributed by atoms with Gasteiger partial charge in [-0.1, -0.05) is 43.0 Å². The average Bonchev–Trinajstić information content (AvgIpc) is 2.17. The van der Waals surface area contributed by atoms with Crippen molar-refractivity contribution in [2.45, 2.75) is 19.8 Å². The molecule has 0 aliphatic heterocycles. The van der Waals surface area contributed by atoms with Crippen molar-refractivity contribution in [3.05, 3.63) is 59.1 Å². The summed E-state index contributed by atoms with van der Waals surface area (Å²) in [5, 5.41) is 0. The lowest BCUT2D eigenvalue weighted by Crippen LogP contribution is -1.87. The van der Waals surface area contributed by atoms with Gasteiger partial charge in [0, 0.05) is 0 Å². The van der Waals surface area contributed by atoms with E-state index in [9.17, 15) is 0 Å². The van der Waals surface area contributed by atoms with Crippen LogP contribution in [0.2, 0.25) is 0 Å². The second-order valence-electron chi connectivity index (χ2n) is 3.16. The Kier molecular flexibility index (Phi) is 4.54. The highest BCUT2D eigenvalue weighted by Crippen LogP contribution is 2.21. The van der Waals surface area contributed by atoms with Crippen LogP contribution >= 0.6 is 12.6 Å². The molecule has 1 heteroatoms. The maximum absolute atomic E-state index is 4.38. The monoisotopic (exact) mass is 204 g/mol. The van der Waals surface area contributed by atoms with Crippen LogP contribution in [-0.4, -0.2) is 0 Å². The van der Waals surface area contributed by atoms with Crippen molar-refractivity contribution < 1.29 is 0 Å². The zero-order valence-electron chi connectivity index (χ0n) is 8.53. The Hall–Kier alpha value is -0.950. The highest BCUT2D eigenvalue weighted by atomic mass is 32.1. The Morgan fingerprint density at radius 1 is 1.29 bits per heavy atom. The fourth-order valence-electron chi connectivity index (χ4n) is 1.40. The second kappa shape index (κ2) is 5.71. The smallest absolute Gasteiger partial charge is 0.00337 e. The molecule has 0 N–H and O–H groups in total. The van der Waals surface area contributed by atoms with Gasteiger partial charge in [-0.25, -0.2) is 0 Å². The van der Waals surface area contributed by atoms with Gasteiger partial charge in [-0.05, 0) is 35.8 Å². The molecule has 0 heterocycles. The zero-order chi connectivity index (χ0) is 10.4. The predicted molar refractivity (Wildman–Crippen MR) is 67.5 cm³/mol. The summed E-state index contributed by atoms with van der Waals surface area (Å²) in [6.07, 6.45) is 14.4. The molecule has 0 spiro atoms. The van der Waals surface area contributed by atoms with Crippen LogP contribution in [0.25, 0.3) is 0 Å². The molecule has 0 fully saturated rings. The van der Waals surface area contributed by atoms with Crippen molar-refractivity contribution >= 4 is 12.6 Å². The van der Waals surface area contributed by atoms with Gasteiger partial charge in [0.15, 0.2) is 0 Å². The molecule has 0 atom stereocenters. The van der Waals surface area contributed by atoms with Crippen LogP contribution < -0.4 is 0 Å². The maximum atomic E-state index is 4.38. The first-order chi connectivity index (χ1) is 6.77. The van der Waals surface area contributed by atoms with E-state index in [1.807, 2.05) is 19.1 Å². The van der Waals surface area contributed by atoms with Crippen LogP contribution in [0.1, 0.15) is 19.8 Å².